The normalized spacial score (nSPS) is 11.0. The predicted molar refractivity (Wildman–Crippen MR) is 94.9 cm³/mol. The van der Waals surface area contributed by atoms with Crippen molar-refractivity contribution in [2.24, 2.45) is 0 Å². The van der Waals surface area contributed by atoms with Crippen molar-refractivity contribution in [1.29, 1.82) is 5.26 Å². The maximum atomic E-state index is 8.82. The van der Waals surface area contributed by atoms with Crippen molar-refractivity contribution < 1.29 is 4.74 Å². The van der Waals surface area contributed by atoms with Gasteiger partial charge in [0.25, 0.3) is 0 Å². The highest BCUT2D eigenvalue weighted by Gasteiger charge is 2.11. The van der Waals surface area contributed by atoms with Crippen LogP contribution in [0.2, 0.25) is 25.7 Å². The number of benzene rings is 2. The second kappa shape index (κ2) is 7.28. The Morgan fingerprint density at radius 2 is 1.45 bits per heavy atom. The van der Waals surface area contributed by atoms with E-state index in [0.29, 0.717) is 5.56 Å². The van der Waals surface area contributed by atoms with Gasteiger partial charge in [0.2, 0.25) is 0 Å². The maximum Gasteiger partial charge on any atom is 0.119 e. The molecular weight excluding hydrogens is 286 g/mol. The van der Waals surface area contributed by atoms with Crippen molar-refractivity contribution in [3.05, 3.63) is 54.1 Å². The Hall–Kier alpha value is -2.05. The number of nitriles is 1. The lowest BCUT2D eigenvalue weighted by Crippen LogP contribution is -2.19. The molecule has 0 saturated carbocycles. The van der Waals surface area contributed by atoms with Crippen LogP contribution >= 0.6 is 0 Å². The molecule has 0 atom stereocenters. The minimum Gasteiger partial charge on any atom is -0.494 e. The zero-order valence-corrected chi connectivity index (χ0v) is 14.6. The molecule has 0 aliphatic rings. The highest BCUT2D eigenvalue weighted by Crippen LogP contribution is 2.23. The first-order valence-corrected chi connectivity index (χ1v) is 11.4. The van der Waals surface area contributed by atoms with E-state index >= 15 is 0 Å². The molecular formula is C19H23NOSi. The molecule has 3 heteroatoms. The molecule has 2 nitrogen and oxygen atoms in total. The Labute approximate surface area is 134 Å². The molecule has 2 aromatic rings. The summed E-state index contributed by atoms with van der Waals surface area (Å²) in [6.45, 7) is 7.96. The van der Waals surface area contributed by atoms with Gasteiger partial charge in [0.1, 0.15) is 5.75 Å². The van der Waals surface area contributed by atoms with E-state index in [1.54, 1.807) is 0 Å². The molecule has 22 heavy (non-hydrogen) atoms. The summed E-state index contributed by atoms with van der Waals surface area (Å²) >= 11 is 0. The van der Waals surface area contributed by atoms with Crippen molar-refractivity contribution in [2.45, 2.75) is 32.1 Å². The average molecular weight is 309 g/mol. The monoisotopic (exact) mass is 309 g/mol. The molecule has 2 aromatic carbocycles. The largest absolute Gasteiger partial charge is 0.494 e. The van der Waals surface area contributed by atoms with Gasteiger partial charge in [-0.05, 0) is 41.8 Å². The first kappa shape index (κ1) is 16.3. The molecule has 114 valence electrons. The molecule has 0 aliphatic heterocycles. The summed E-state index contributed by atoms with van der Waals surface area (Å²) in [7, 11) is -0.959. The Balaban J connectivity index is 1.91. The fraction of sp³-hybridized carbons (Fsp3) is 0.316. The molecule has 0 spiro atoms. The molecule has 0 amide bonds. The van der Waals surface area contributed by atoms with Crippen LogP contribution in [0.3, 0.4) is 0 Å². The van der Waals surface area contributed by atoms with E-state index < -0.39 is 8.07 Å². The van der Waals surface area contributed by atoms with Crippen LogP contribution in [0.4, 0.5) is 0 Å². The summed E-state index contributed by atoms with van der Waals surface area (Å²) in [5.41, 5.74) is 2.94. The Morgan fingerprint density at radius 3 is 1.95 bits per heavy atom. The molecule has 0 aromatic heterocycles. The van der Waals surface area contributed by atoms with E-state index in [0.717, 1.165) is 29.9 Å². The highest BCUT2D eigenvalue weighted by atomic mass is 28.3. The summed E-state index contributed by atoms with van der Waals surface area (Å²) < 4.78 is 5.81. The van der Waals surface area contributed by atoms with Crippen LogP contribution in [0.5, 0.6) is 5.75 Å². The first-order chi connectivity index (χ1) is 10.5. The van der Waals surface area contributed by atoms with Crippen molar-refractivity contribution in [3.8, 4) is 22.9 Å². The van der Waals surface area contributed by atoms with Crippen LogP contribution in [-0.2, 0) is 0 Å². The van der Waals surface area contributed by atoms with Crippen molar-refractivity contribution in [1.82, 2.24) is 0 Å². The molecule has 0 radical (unpaired) electrons. The zero-order valence-electron chi connectivity index (χ0n) is 13.6. The standard InChI is InChI=1S/C19H23NOSi/c1-22(2,3)14-4-13-21-19-11-9-18(10-12-19)17-7-5-16(15-20)6-8-17/h5-12H,4,13-14H2,1-3H3. The number of ether oxygens (including phenoxy) is 1. The fourth-order valence-electron chi connectivity index (χ4n) is 2.27. The van der Waals surface area contributed by atoms with Crippen LogP contribution in [0.1, 0.15) is 12.0 Å². The smallest absolute Gasteiger partial charge is 0.119 e. The summed E-state index contributed by atoms with van der Waals surface area (Å²) in [5.74, 6) is 0.924. The first-order valence-electron chi connectivity index (χ1n) is 7.71. The third kappa shape index (κ3) is 5.05. The number of rotatable bonds is 6. The van der Waals surface area contributed by atoms with E-state index in [-0.39, 0.29) is 0 Å². The van der Waals surface area contributed by atoms with Crippen molar-refractivity contribution in [2.75, 3.05) is 6.61 Å². The molecule has 0 heterocycles. The summed E-state index contributed by atoms with van der Waals surface area (Å²) in [6.07, 6.45) is 1.13. The predicted octanol–water partition coefficient (Wildman–Crippen LogP) is 5.33. The number of hydrogen-bond acceptors (Lipinski definition) is 2. The third-order valence-electron chi connectivity index (χ3n) is 3.54. The zero-order chi connectivity index (χ0) is 16.0. The van der Waals surface area contributed by atoms with E-state index in [1.807, 2.05) is 36.4 Å². The molecule has 2 rings (SSSR count). The van der Waals surface area contributed by atoms with Gasteiger partial charge in [-0.2, -0.15) is 5.26 Å². The molecule has 0 saturated heterocycles. The number of nitrogens with zero attached hydrogens (tertiary/aromatic N) is 1. The van der Waals surface area contributed by atoms with E-state index in [1.165, 1.54) is 6.04 Å². The van der Waals surface area contributed by atoms with Gasteiger partial charge in [-0.15, -0.1) is 0 Å². The molecule has 0 aliphatic carbocycles. The highest BCUT2D eigenvalue weighted by molar-refractivity contribution is 6.76. The SMILES string of the molecule is C[Si](C)(C)CCCOc1ccc(-c2ccc(C#N)cc2)cc1. The van der Waals surface area contributed by atoms with Gasteiger partial charge in [0, 0.05) is 8.07 Å². The van der Waals surface area contributed by atoms with Gasteiger partial charge < -0.3 is 4.74 Å². The molecule has 0 fully saturated rings. The van der Waals surface area contributed by atoms with Crippen LogP contribution < -0.4 is 4.74 Å². The minimum atomic E-state index is -0.959. The van der Waals surface area contributed by atoms with E-state index in [4.69, 9.17) is 10.00 Å². The van der Waals surface area contributed by atoms with Gasteiger partial charge in [0.05, 0.1) is 18.2 Å². The Kier molecular flexibility index (Phi) is 5.40. The molecule has 0 bridgehead atoms. The van der Waals surface area contributed by atoms with Gasteiger partial charge in [-0.25, -0.2) is 0 Å². The van der Waals surface area contributed by atoms with Gasteiger partial charge in [-0.1, -0.05) is 50.0 Å². The summed E-state index contributed by atoms with van der Waals surface area (Å²) in [4.78, 5) is 0. The number of hydrogen-bond donors (Lipinski definition) is 0. The minimum absolute atomic E-state index is 0.686. The lowest BCUT2D eigenvalue weighted by molar-refractivity contribution is 0.317. The van der Waals surface area contributed by atoms with Crippen LogP contribution in [0, 0.1) is 11.3 Å². The second-order valence-electron chi connectivity index (χ2n) is 6.73. The lowest BCUT2D eigenvalue weighted by Gasteiger charge is -2.15. The van der Waals surface area contributed by atoms with Crippen LogP contribution in [0.25, 0.3) is 11.1 Å². The summed E-state index contributed by atoms with van der Waals surface area (Å²) in [5, 5.41) is 8.82. The topological polar surface area (TPSA) is 33.0 Å². The van der Waals surface area contributed by atoms with Gasteiger partial charge in [-0.3, -0.25) is 0 Å². The Morgan fingerprint density at radius 1 is 0.909 bits per heavy atom. The maximum absolute atomic E-state index is 8.82. The van der Waals surface area contributed by atoms with E-state index in [9.17, 15) is 0 Å². The molecule has 0 unspecified atom stereocenters. The summed E-state index contributed by atoms with van der Waals surface area (Å²) in [6, 6.07) is 19.2. The lowest BCUT2D eigenvalue weighted by atomic mass is 10.0. The fourth-order valence-corrected chi connectivity index (χ4v) is 3.48. The molecule has 0 N–H and O–H groups in total. The van der Waals surface area contributed by atoms with Crippen LogP contribution in [0.15, 0.2) is 48.5 Å². The van der Waals surface area contributed by atoms with E-state index in [2.05, 4.69) is 37.8 Å². The average Bonchev–Trinajstić information content (AvgIpc) is 2.51. The third-order valence-corrected chi connectivity index (χ3v) is 5.40. The quantitative estimate of drug-likeness (QED) is 0.533. The van der Waals surface area contributed by atoms with Crippen molar-refractivity contribution in [3.63, 3.8) is 0 Å². The Bertz CT molecular complexity index is 633. The van der Waals surface area contributed by atoms with Gasteiger partial charge >= 0.3 is 0 Å². The van der Waals surface area contributed by atoms with Crippen molar-refractivity contribution >= 4 is 8.07 Å². The second-order valence-corrected chi connectivity index (χ2v) is 12.3. The van der Waals surface area contributed by atoms with Crippen LogP contribution in [-0.4, -0.2) is 14.7 Å². The van der Waals surface area contributed by atoms with Gasteiger partial charge in [0.15, 0.2) is 0 Å².